The number of aryl methyl sites for hydroxylation is 3. The molecule has 3 heterocycles. The Balaban J connectivity index is 1.50. The van der Waals surface area contributed by atoms with Crippen LogP contribution in [-0.2, 0) is 6.54 Å². The Kier molecular flexibility index (Phi) is 6.43. The first-order chi connectivity index (χ1) is 15.1. The molecule has 0 radical (unpaired) electrons. The zero-order valence-corrected chi connectivity index (χ0v) is 18.3. The van der Waals surface area contributed by atoms with Gasteiger partial charge in [0.1, 0.15) is 11.6 Å². The van der Waals surface area contributed by atoms with Crippen molar-refractivity contribution in [3.05, 3.63) is 77.6 Å². The van der Waals surface area contributed by atoms with Crippen LogP contribution in [0.5, 0.6) is 0 Å². The summed E-state index contributed by atoms with van der Waals surface area (Å²) in [5, 5.41) is 7.33. The second-order valence-electron chi connectivity index (χ2n) is 7.21. The predicted octanol–water partition coefficient (Wildman–Crippen LogP) is 5.25. The fraction of sp³-hybridized carbons (Fsp3) is 0.217. The molecule has 7 nitrogen and oxygen atoms in total. The first-order valence-electron chi connectivity index (χ1n) is 10.1. The molecule has 0 atom stereocenters. The minimum absolute atomic E-state index is 0.508. The van der Waals surface area contributed by atoms with E-state index in [4.69, 9.17) is 16.6 Å². The van der Waals surface area contributed by atoms with E-state index in [2.05, 4.69) is 30.2 Å². The van der Waals surface area contributed by atoms with Gasteiger partial charge in [0.15, 0.2) is 0 Å². The third-order valence-corrected chi connectivity index (χ3v) is 5.14. The molecule has 0 aliphatic carbocycles. The van der Waals surface area contributed by atoms with Crippen LogP contribution in [-0.4, -0.2) is 31.0 Å². The van der Waals surface area contributed by atoms with Gasteiger partial charge in [0, 0.05) is 54.2 Å². The lowest BCUT2D eigenvalue weighted by Gasteiger charge is -2.14. The van der Waals surface area contributed by atoms with E-state index in [9.17, 15) is 0 Å². The molecule has 1 aromatic carbocycles. The largest absolute Gasteiger partial charge is 0.369 e. The average Bonchev–Trinajstić information content (AvgIpc) is 3.18. The molecule has 2 N–H and O–H groups in total. The van der Waals surface area contributed by atoms with Crippen LogP contribution in [0.1, 0.15) is 17.8 Å². The van der Waals surface area contributed by atoms with Crippen molar-refractivity contribution in [1.82, 2.24) is 24.5 Å². The molecule has 0 saturated heterocycles. The first kappa shape index (κ1) is 20.8. The van der Waals surface area contributed by atoms with Crippen LogP contribution in [0.3, 0.4) is 0 Å². The molecule has 4 rings (SSSR count). The molecule has 0 unspecified atom stereocenters. The summed E-state index contributed by atoms with van der Waals surface area (Å²) < 4.78 is 2.14. The fourth-order valence-corrected chi connectivity index (χ4v) is 3.49. The van der Waals surface area contributed by atoms with Crippen LogP contribution in [0, 0.1) is 13.8 Å². The quantitative estimate of drug-likeness (QED) is 0.369. The maximum absolute atomic E-state index is 6.08. The van der Waals surface area contributed by atoms with Crippen LogP contribution in [0.25, 0.3) is 11.3 Å². The number of aromatic nitrogens is 5. The number of hydrogen-bond acceptors (Lipinski definition) is 6. The van der Waals surface area contributed by atoms with Crippen LogP contribution in [0.2, 0.25) is 5.02 Å². The Morgan fingerprint density at radius 3 is 2.74 bits per heavy atom. The van der Waals surface area contributed by atoms with Gasteiger partial charge in [-0.2, -0.15) is 0 Å². The lowest BCUT2D eigenvalue weighted by molar-refractivity contribution is 0.642. The molecule has 0 saturated carbocycles. The molecule has 3 aromatic heterocycles. The number of nitrogens with zero attached hydrogens (tertiary/aromatic N) is 5. The van der Waals surface area contributed by atoms with Crippen molar-refractivity contribution in [2.24, 2.45) is 0 Å². The summed E-state index contributed by atoms with van der Waals surface area (Å²) in [6.45, 7) is 5.70. The molecule has 0 spiro atoms. The van der Waals surface area contributed by atoms with Gasteiger partial charge in [-0.1, -0.05) is 17.7 Å². The zero-order chi connectivity index (χ0) is 21.6. The van der Waals surface area contributed by atoms with Crippen LogP contribution in [0.15, 0.2) is 61.2 Å². The summed E-state index contributed by atoms with van der Waals surface area (Å²) in [4.78, 5) is 18.0. The Labute approximate surface area is 186 Å². The van der Waals surface area contributed by atoms with Gasteiger partial charge in [-0.05, 0) is 56.2 Å². The van der Waals surface area contributed by atoms with E-state index < -0.39 is 0 Å². The van der Waals surface area contributed by atoms with Crippen LogP contribution >= 0.6 is 11.6 Å². The molecule has 0 aliphatic heterocycles. The summed E-state index contributed by atoms with van der Waals surface area (Å²) >= 11 is 6.08. The van der Waals surface area contributed by atoms with Gasteiger partial charge in [-0.25, -0.2) is 19.9 Å². The number of nitrogens with one attached hydrogen (secondary N) is 2. The topological polar surface area (TPSA) is 80.5 Å². The minimum Gasteiger partial charge on any atom is -0.369 e. The predicted molar refractivity (Wildman–Crippen MR) is 125 cm³/mol. The number of imidazole rings is 1. The third-order valence-electron chi connectivity index (χ3n) is 4.91. The second-order valence-corrected chi connectivity index (χ2v) is 7.64. The van der Waals surface area contributed by atoms with E-state index >= 15 is 0 Å². The van der Waals surface area contributed by atoms with Crippen LogP contribution in [0.4, 0.5) is 17.5 Å². The lowest BCUT2D eigenvalue weighted by atomic mass is 10.1. The normalized spacial score (nSPS) is 10.8. The lowest BCUT2D eigenvalue weighted by Crippen LogP contribution is -2.09. The molecule has 158 valence electrons. The van der Waals surface area contributed by atoms with E-state index in [1.165, 1.54) is 0 Å². The summed E-state index contributed by atoms with van der Waals surface area (Å²) in [7, 11) is 0. The van der Waals surface area contributed by atoms with Crippen LogP contribution < -0.4 is 10.6 Å². The van der Waals surface area contributed by atoms with Crippen molar-refractivity contribution in [3.63, 3.8) is 0 Å². The minimum atomic E-state index is 0.508. The second kappa shape index (κ2) is 9.57. The monoisotopic (exact) mass is 433 g/mol. The number of anilines is 3. The number of benzene rings is 1. The number of pyridine rings is 1. The van der Waals surface area contributed by atoms with Gasteiger partial charge >= 0.3 is 0 Å². The number of halogens is 1. The van der Waals surface area contributed by atoms with E-state index in [1.54, 1.807) is 6.20 Å². The molecule has 4 aromatic rings. The van der Waals surface area contributed by atoms with Crippen molar-refractivity contribution < 1.29 is 0 Å². The molecule has 8 heteroatoms. The summed E-state index contributed by atoms with van der Waals surface area (Å²) in [6, 6.07) is 11.4. The van der Waals surface area contributed by atoms with Crippen molar-refractivity contribution in [2.45, 2.75) is 26.8 Å². The summed E-state index contributed by atoms with van der Waals surface area (Å²) in [5.41, 5.74) is 3.58. The number of hydrogen-bond donors (Lipinski definition) is 2. The number of rotatable bonds is 8. The van der Waals surface area contributed by atoms with E-state index in [0.717, 1.165) is 53.7 Å². The maximum Gasteiger partial charge on any atom is 0.227 e. The van der Waals surface area contributed by atoms with Crippen molar-refractivity contribution >= 4 is 29.1 Å². The molecular weight excluding hydrogens is 410 g/mol. The van der Waals surface area contributed by atoms with E-state index in [1.807, 2.05) is 68.8 Å². The molecule has 31 heavy (non-hydrogen) atoms. The SMILES string of the molecule is Cc1cnc(Nc2cccc(Cl)c2)nc1-c1cccnc1NCCCn1ccnc1C. The van der Waals surface area contributed by atoms with Gasteiger partial charge in [-0.3, -0.25) is 0 Å². The Bertz CT molecular complexity index is 1170. The van der Waals surface area contributed by atoms with E-state index in [-0.39, 0.29) is 0 Å². The maximum atomic E-state index is 6.08. The highest BCUT2D eigenvalue weighted by molar-refractivity contribution is 6.30. The van der Waals surface area contributed by atoms with Gasteiger partial charge < -0.3 is 15.2 Å². The fourth-order valence-electron chi connectivity index (χ4n) is 3.30. The highest BCUT2D eigenvalue weighted by Crippen LogP contribution is 2.28. The molecule has 0 bridgehead atoms. The zero-order valence-electron chi connectivity index (χ0n) is 17.5. The van der Waals surface area contributed by atoms with Crippen molar-refractivity contribution in [2.75, 3.05) is 17.2 Å². The van der Waals surface area contributed by atoms with Gasteiger partial charge in [0.25, 0.3) is 0 Å². The highest BCUT2D eigenvalue weighted by Gasteiger charge is 2.12. The van der Waals surface area contributed by atoms with Crippen molar-refractivity contribution in [3.8, 4) is 11.3 Å². The molecule has 0 fully saturated rings. The third kappa shape index (κ3) is 5.19. The molecule has 0 aliphatic rings. The highest BCUT2D eigenvalue weighted by atomic mass is 35.5. The van der Waals surface area contributed by atoms with E-state index in [0.29, 0.717) is 11.0 Å². The average molecular weight is 434 g/mol. The Morgan fingerprint density at radius 2 is 1.94 bits per heavy atom. The Morgan fingerprint density at radius 1 is 1.03 bits per heavy atom. The standard InChI is InChI=1S/C23H24ClN7/c1-16-15-28-23(29-19-7-3-6-18(24)14-19)30-21(16)20-8-4-9-26-22(20)27-10-5-12-31-13-11-25-17(31)2/h3-4,6-9,11,13-15H,5,10,12H2,1-2H3,(H,26,27)(H,28,29,30). The Hall–Kier alpha value is -3.45. The first-order valence-corrected chi connectivity index (χ1v) is 10.5. The molecular formula is C23H24ClN7. The van der Waals surface area contributed by atoms with Crippen molar-refractivity contribution in [1.29, 1.82) is 0 Å². The van der Waals surface area contributed by atoms with Gasteiger partial charge in [0.2, 0.25) is 5.95 Å². The molecule has 0 amide bonds. The van der Waals surface area contributed by atoms with Gasteiger partial charge in [-0.15, -0.1) is 0 Å². The summed E-state index contributed by atoms with van der Waals surface area (Å²) in [5.74, 6) is 2.34. The smallest absolute Gasteiger partial charge is 0.227 e. The summed E-state index contributed by atoms with van der Waals surface area (Å²) in [6.07, 6.45) is 8.38. The van der Waals surface area contributed by atoms with Gasteiger partial charge in [0.05, 0.1) is 5.69 Å².